The zero-order valence-electron chi connectivity index (χ0n) is 12.8. The van der Waals surface area contributed by atoms with Crippen molar-refractivity contribution in [1.82, 2.24) is 9.97 Å². The maximum absolute atomic E-state index is 13.6. The van der Waals surface area contributed by atoms with Gasteiger partial charge in [0, 0.05) is 12.0 Å². The van der Waals surface area contributed by atoms with E-state index >= 15 is 0 Å². The van der Waals surface area contributed by atoms with Gasteiger partial charge in [-0.1, -0.05) is 30.7 Å². The van der Waals surface area contributed by atoms with Crippen molar-refractivity contribution < 1.29 is 19.0 Å². The standard InChI is InChI=1S/C16H16ClFN2O3/c1-3-12-10(8-9-6-5-7-11(18)13(9)17)15(23-4-2)20-14(19-12)16(21)22/h5-7H,3-4,8H2,1-2H3,(H,21,22). The summed E-state index contributed by atoms with van der Waals surface area (Å²) in [7, 11) is 0. The van der Waals surface area contributed by atoms with Crippen molar-refractivity contribution >= 4 is 17.6 Å². The molecule has 0 fully saturated rings. The number of nitrogens with zero attached hydrogens (tertiary/aromatic N) is 2. The van der Waals surface area contributed by atoms with Gasteiger partial charge >= 0.3 is 5.97 Å². The molecule has 0 aliphatic carbocycles. The first-order valence-electron chi connectivity index (χ1n) is 7.16. The predicted molar refractivity (Wildman–Crippen MR) is 83.8 cm³/mol. The van der Waals surface area contributed by atoms with Crippen LogP contribution in [0.25, 0.3) is 0 Å². The molecule has 5 nitrogen and oxygen atoms in total. The van der Waals surface area contributed by atoms with Crippen LogP contribution in [0.4, 0.5) is 4.39 Å². The van der Waals surface area contributed by atoms with E-state index < -0.39 is 11.8 Å². The van der Waals surface area contributed by atoms with Crippen LogP contribution in [0.5, 0.6) is 5.88 Å². The molecule has 1 aromatic carbocycles. The molecule has 0 atom stereocenters. The Morgan fingerprint density at radius 3 is 2.70 bits per heavy atom. The van der Waals surface area contributed by atoms with Crippen LogP contribution < -0.4 is 4.74 Å². The SMILES string of the molecule is CCOc1nc(C(=O)O)nc(CC)c1Cc1cccc(F)c1Cl. The van der Waals surface area contributed by atoms with Crippen LogP contribution in [0, 0.1) is 5.82 Å². The number of aromatic nitrogens is 2. The second kappa shape index (κ2) is 7.37. The van der Waals surface area contributed by atoms with E-state index in [0.717, 1.165) is 0 Å². The molecule has 0 saturated heterocycles. The van der Waals surface area contributed by atoms with Gasteiger partial charge in [-0.05, 0) is 25.0 Å². The van der Waals surface area contributed by atoms with Gasteiger partial charge in [-0.25, -0.2) is 14.2 Å². The Kier molecular flexibility index (Phi) is 5.50. The second-order valence-corrected chi connectivity index (χ2v) is 5.14. The van der Waals surface area contributed by atoms with Gasteiger partial charge in [-0.15, -0.1) is 0 Å². The van der Waals surface area contributed by atoms with Crippen molar-refractivity contribution in [2.75, 3.05) is 6.61 Å². The van der Waals surface area contributed by atoms with Crippen LogP contribution in [0.1, 0.15) is 41.3 Å². The summed E-state index contributed by atoms with van der Waals surface area (Å²) in [6.45, 7) is 3.94. The molecule has 0 spiro atoms. The van der Waals surface area contributed by atoms with E-state index in [1.165, 1.54) is 6.07 Å². The largest absolute Gasteiger partial charge is 0.478 e. The van der Waals surface area contributed by atoms with Gasteiger partial charge < -0.3 is 9.84 Å². The van der Waals surface area contributed by atoms with Crippen LogP contribution in [0.15, 0.2) is 18.2 Å². The fourth-order valence-corrected chi connectivity index (χ4v) is 2.40. The van der Waals surface area contributed by atoms with Crippen LogP contribution in [0.2, 0.25) is 5.02 Å². The monoisotopic (exact) mass is 338 g/mol. The maximum atomic E-state index is 13.6. The molecular weight excluding hydrogens is 323 g/mol. The summed E-state index contributed by atoms with van der Waals surface area (Å²) in [6, 6.07) is 4.54. The molecule has 1 heterocycles. The molecule has 122 valence electrons. The Bertz CT molecular complexity index is 738. The van der Waals surface area contributed by atoms with Crippen molar-refractivity contribution in [3.05, 3.63) is 51.7 Å². The maximum Gasteiger partial charge on any atom is 0.374 e. The van der Waals surface area contributed by atoms with Gasteiger partial charge in [0.2, 0.25) is 11.7 Å². The first kappa shape index (κ1) is 17.1. The van der Waals surface area contributed by atoms with Crippen LogP contribution in [-0.4, -0.2) is 27.7 Å². The smallest absolute Gasteiger partial charge is 0.374 e. The number of ether oxygens (including phenoxy) is 1. The number of carboxylic acid groups (broad SMARTS) is 1. The molecule has 0 unspecified atom stereocenters. The molecule has 0 bridgehead atoms. The summed E-state index contributed by atoms with van der Waals surface area (Å²) in [5, 5.41) is 9.13. The highest BCUT2D eigenvalue weighted by Gasteiger charge is 2.19. The lowest BCUT2D eigenvalue weighted by Crippen LogP contribution is -2.13. The van der Waals surface area contributed by atoms with Gasteiger partial charge in [0.1, 0.15) is 5.82 Å². The van der Waals surface area contributed by atoms with Crippen LogP contribution >= 0.6 is 11.6 Å². The molecule has 1 aromatic heterocycles. The minimum absolute atomic E-state index is 0.0271. The molecule has 0 aliphatic rings. The number of hydrogen-bond acceptors (Lipinski definition) is 4. The molecule has 1 N–H and O–H groups in total. The molecule has 7 heteroatoms. The molecular formula is C16H16ClFN2O3. The number of aromatic carboxylic acids is 1. The van der Waals surface area contributed by atoms with Gasteiger partial charge in [0.25, 0.3) is 0 Å². The molecule has 23 heavy (non-hydrogen) atoms. The molecule has 0 amide bonds. The third-order valence-electron chi connectivity index (χ3n) is 3.26. The molecule has 0 aliphatic heterocycles. The third kappa shape index (κ3) is 3.76. The van der Waals surface area contributed by atoms with Crippen molar-refractivity contribution in [1.29, 1.82) is 0 Å². The summed E-state index contributed by atoms with van der Waals surface area (Å²) < 4.78 is 19.1. The highest BCUT2D eigenvalue weighted by Crippen LogP contribution is 2.28. The quantitative estimate of drug-likeness (QED) is 0.872. The van der Waals surface area contributed by atoms with E-state index in [2.05, 4.69) is 9.97 Å². The number of aryl methyl sites for hydroxylation is 1. The fourth-order valence-electron chi connectivity index (χ4n) is 2.20. The summed E-state index contributed by atoms with van der Waals surface area (Å²) in [5.74, 6) is -1.87. The average Bonchev–Trinajstić information content (AvgIpc) is 2.53. The lowest BCUT2D eigenvalue weighted by molar-refractivity contribution is 0.0681. The van der Waals surface area contributed by atoms with E-state index in [-0.39, 0.29) is 23.1 Å². The second-order valence-electron chi connectivity index (χ2n) is 4.76. The molecule has 2 aromatic rings. The first-order chi connectivity index (χ1) is 11.0. The average molecular weight is 339 g/mol. The van der Waals surface area contributed by atoms with E-state index in [1.54, 1.807) is 19.1 Å². The van der Waals surface area contributed by atoms with Crippen LogP contribution in [-0.2, 0) is 12.8 Å². The van der Waals surface area contributed by atoms with Gasteiger partial charge in [0.15, 0.2) is 0 Å². The Balaban J connectivity index is 2.55. The Labute approximate surface area is 138 Å². The minimum atomic E-state index is -1.23. The number of halogens is 2. The summed E-state index contributed by atoms with van der Waals surface area (Å²) in [6.07, 6.45) is 0.750. The normalized spacial score (nSPS) is 10.6. The molecule has 2 rings (SSSR count). The van der Waals surface area contributed by atoms with Crippen molar-refractivity contribution in [3.8, 4) is 5.88 Å². The van der Waals surface area contributed by atoms with E-state index in [4.69, 9.17) is 21.4 Å². The van der Waals surface area contributed by atoms with Crippen molar-refractivity contribution in [2.45, 2.75) is 26.7 Å². The van der Waals surface area contributed by atoms with E-state index in [9.17, 15) is 9.18 Å². The number of carbonyl (C=O) groups is 1. The Morgan fingerprint density at radius 1 is 1.35 bits per heavy atom. The van der Waals surface area contributed by atoms with Crippen LogP contribution in [0.3, 0.4) is 0 Å². The van der Waals surface area contributed by atoms with Gasteiger partial charge in [-0.2, -0.15) is 4.98 Å². The number of hydrogen-bond donors (Lipinski definition) is 1. The predicted octanol–water partition coefficient (Wildman–Crippen LogP) is 3.52. The summed E-state index contributed by atoms with van der Waals surface area (Å²) in [4.78, 5) is 19.1. The fraction of sp³-hybridized carbons (Fsp3) is 0.312. The number of rotatable bonds is 6. The Hall–Kier alpha value is -2.21. The number of carboxylic acids is 1. The summed E-state index contributed by atoms with van der Waals surface area (Å²) >= 11 is 6.00. The minimum Gasteiger partial charge on any atom is -0.478 e. The zero-order chi connectivity index (χ0) is 17.0. The topological polar surface area (TPSA) is 72.3 Å². The highest BCUT2D eigenvalue weighted by molar-refractivity contribution is 6.31. The highest BCUT2D eigenvalue weighted by atomic mass is 35.5. The first-order valence-corrected chi connectivity index (χ1v) is 7.54. The lowest BCUT2D eigenvalue weighted by Gasteiger charge is -2.14. The van der Waals surface area contributed by atoms with E-state index in [0.29, 0.717) is 29.8 Å². The third-order valence-corrected chi connectivity index (χ3v) is 3.68. The number of benzene rings is 1. The van der Waals surface area contributed by atoms with Crippen molar-refractivity contribution in [3.63, 3.8) is 0 Å². The Morgan fingerprint density at radius 2 is 2.09 bits per heavy atom. The van der Waals surface area contributed by atoms with Gasteiger partial charge in [-0.3, -0.25) is 0 Å². The molecule has 0 radical (unpaired) electrons. The van der Waals surface area contributed by atoms with Gasteiger partial charge in [0.05, 0.1) is 17.3 Å². The zero-order valence-corrected chi connectivity index (χ0v) is 13.5. The molecule has 0 saturated carbocycles. The summed E-state index contributed by atoms with van der Waals surface area (Å²) in [5.41, 5.74) is 1.72. The van der Waals surface area contributed by atoms with E-state index in [1.807, 2.05) is 6.92 Å². The lowest BCUT2D eigenvalue weighted by atomic mass is 10.0. The van der Waals surface area contributed by atoms with Crippen molar-refractivity contribution in [2.24, 2.45) is 0 Å².